The van der Waals surface area contributed by atoms with Crippen LogP contribution in [0, 0.1) is 34.5 Å². The summed E-state index contributed by atoms with van der Waals surface area (Å²) >= 11 is 0. The Labute approximate surface area is 151 Å². The largest absolute Gasteiger partial charge is 0.198 e. The van der Waals surface area contributed by atoms with E-state index in [2.05, 4.69) is 19.9 Å². The minimum Gasteiger partial charge on any atom is -0.198 e. The zero-order valence-corrected chi connectivity index (χ0v) is 16.5. The van der Waals surface area contributed by atoms with Gasteiger partial charge in [-0.15, -0.1) is 0 Å². The molecule has 2 fully saturated rings. The summed E-state index contributed by atoms with van der Waals surface area (Å²) in [6, 6.07) is 2.77. The monoisotopic (exact) mass is 331 g/mol. The molecule has 0 heterocycles. The first-order valence-corrected chi connectivity index (χ1v) is 11.1. The van der Waals surface area contributed by atoms with E-state index in [0.717, 1.165) is 24.2 Å². The quantitative estimate of drug-likeness (QED) is 0.398. The van der Waals surface area contributed by atoms with Crippen LogP contribution in [0.4, 0.5) is 0 Å². The fraction of sp³-hybridized carbons (Fsp3) is 0.957. The molecule has 0 bridgehead atoms. The van der Waals surface area contributed by atoms with Crippen LogP contribution in [-0.4, -0.2) is 0 Å². The summed E-state index contributed by atoms with van der Waals surface area (Å²) in [5, 5.41) is 9.82. The summed E-state index contributed by atoms with van der Waals surface area (Å²) in [5.74, 6) is 2.81. The van der Waals surface area contributed by atoms with Gasteiger partial charge in [0.2, 0.25) is 0 Å². The fourth-order valence-corrected chi connectivity index (χ4v) is 5.52. The predicted molar refractivity (Wildman–Crippen MR) is 104 cm³/mol. The maximum absolute atomic E-state index is 9.82. The van der Waals surface area contributed by atoms with Gasteiger partial charge in [-0.3, -0.25) is 0 Å². The highest BCUT2D eigenvalue weighted by Crippen LogP contribution is 2.48. The lowest BCUT2D eigenvalue weighted by atomic mass is 9.62. The van der Waals surface area contributed by atoms with Crippen molar-refractivity contribution in [3.05, 3.63) is 0 Å². The first-order chi connectivity index (χ1) is 11.7. The van der Waals surface area contributed by atoms with E-state index in [-0.39, 0.29) is 5.41 Å². The van der Waals surface area contributed by atoms with Crippen molar-refractivity contribution in [3.8, 4) is 6.07 Å². The molecule has 0 amide bonds. The van der Waals surface area contributed by atoms with Gasteiger partial charge in [0.1, 0.15) is 0 Å². The molecule has 0 aromatic rings. The molecule has 2 rings (SSSR count). The van der Waals surface area contributed by atoms with Gasteiger partial charge in [0, 0.05) is 0 Å². The SMILES string of the molecule is CCCCCCC1CCC(C2CCCC(C#N)(CCCC)C2)CC1. The van der Waals surface area contributed by atoms with Gasteiger partial charge in [-0.05, 0) is 49.9 Å². The Morgan fingerprint density at radius 2 is 1.62 bits per heavy atom. The van der Waals surface area contributed by atoms with Crippen LogP contribution in [0.2, 0.25) is 0 Å². The van der Waals surface area contributed by atoms with Gasteiger partial charge in [0.15, 0.2) is 0 Å². The van der Waals surface area contributed by atoms with Gasteiger partial charge in [0.05, 0.1) is 11.5 Å². The van der Waals surface area contributed by atoms with E-state index in [1.165, 1.54) is 96.3 Å². The molecule has 0 aromatic carbocycles. The molecule has 2 atom stereocenters. The third-order valence-electron chi connectivity index (χ3n) is 7.15. The summed E-state index contributed by atoms with van der Waals surface area (Å²) in [6.45, 7) is 4.56. The third-order valence-corrected chi connectivity index (χ3v) is 7.15. The average Bonchev–Trinajstić information content (AvgIpc) is 2.64. The highest BCUT2D eigenvalue weighted by Gasteiger charge is 2.39. The summed E-state index contributed by atoms with van der Waals surface area (Å²) in [5.41, 5.74) is 0.0376. The molecule has 0 radical (unpaired) electrons. The molecule has 0 spiro atoms. The second-order valence-electron chi connectivity index (χ2n) is 8.98. The lowest BCUT2D eigenvalue weighted by Crippen LogP contribution is -2.32. The van der Waals surface area contributed by atoms with Crippen LogP contribution in [0.3, 0.4) is 0 Å². The molecule has 138 valence electrons. The Kier molecular flexibility index (Phi) is 8.65. The van der Waals surface area contributed by atoms with E-state index >= 15 is 0 Å². The number of nitriles is 1. The molecule has 0 aliphatic heterocycles. The van der Waals surface area contributed by atoms with Gasteiger partial charge in [-0.2, -0.15) is 5.26 Å². The van der Waals surface area contributed by atoms with Gasteiger partial charge in [-0.1, -0.05) is 84.5 Å². The van der Waals surface area contributed by atoms with Crippen LogP contribution in [0.25, 0.3) is 0 Å². The number of hydrogen-bond donors (Lipinski definition) is 0. The smallest absolute Gasteiger partial charge is 0.0689 e. The minimum atomic E-state index is 0.0376. The molecule has 24 heavy (non-hydrogen) atoms. The van der Waals surface area contributed by atoms with Gasteiger partial charge in [-0.25, -0.2) is 0 Å². The molecule has 1 heteroatoms. The van der Waals surface area contributed by atoms with E-state index in [1.54, 1.807) is 0 Å². The van der Waals surface area contributed by atoms with Crippen molar-refractivity contribution in [1.82, 2.24) is 0 Å². The Hall–Kier alpha value is -0.510. The topological polar surface area (TPSA) is 23.8 Å². The number of rotatable bonds is 9. The second kappa shape index (κ2) is 10.5. The summed E-state index contributed by atoms with van der Waals surface area (Å²) in [6.07, 6.45) is 21.8. The highest BCUT2D eigenvalue weighted by atomic mass is 14.5. The minimum absolute atomic E-state index is 0.0376. The highest BCUT2D eigenvalue weighted by molar-refractivity contribution is 5.03. The first kappa shape index (κ1) is 19.8. The van der Waals surface area contributed by atoms with Crippen LogP contribution in [0.5, 0.6) is 0 Å². The van der Waals surface area contributed by atoms with E-state index < -0.39 is 0 Å². The second-order valence-corrected chi connectivity index (χ2v) is 8.98. The molecule has 1 nitrogen and oxygen atoms in total. The van der Waals surface area contributed by atoms with Gasteiger partial charge in [0.25, 0.3) is 0 Å². The maximum Gasteiger partial charge on any atom is 0.0689 e. The van der Waals surface area contributed by atoms with Crippen molar-refractivity contribution in [1.29, 1.82) is 5.26 Å². The normalized spacial score (nSPS) is 34.0. The number of hydrogen-bond acceptors (Lipinski definition) is 1. The zero-order chi connectivity index (χ0) is 17.3. The van der Waals surface area contributed by atoms with E-state index in [9.17, 15) is 5.26 Å². The van der Waals surface area contributed by atoms with Crippen LogP contribution in [0.15, 0.2) is 0 Å². The molecular weight excluding hydrogens is 290 g/mol. The number of nitrogens with zero attached hydrogens (tertiary/aromatic N) is 1. The molecule has 0 saturated heterocycles. The maximum atomic E-state index is 9.82. The summed E-state index contributed by atoms with van der Waals surface area (Å²) < 4.78 is 0. The standard InChI is InChI=1S/C23H41N/c1-3-5-7-8-10-20-12-14-21(15-13-20)22-11-9-17-23(18-22,19-24)16-6-4-2/h20-22H,3-18H2,1-2H3. The van der Waals surface area contributed by atoms with Gasteiger partial charge >= 0.3 is 0 Å². The lowest BCUT2D eigenvalue weighted by Gasteiger charge is -2.42. The zero-order valence-electron chi connectivity index (χ0n) is 16.5. The van der Waals surface area contributed by atoms with Crippen molar-refractivity contribution in [3.63, 3.8) is 0 Å². The van der Waals surface area contributed by atoms with Crippen molar-refractivity contribution in [2.75, 3.05) is 0 Å². The molecule has 0 N–H and O–H groups in total. The third kappa shape index (κ3) is 5.79. The Morgan fingerprint density at radius 3 is 2.29 bits per heavy atom. The van der Waals surface area contributed by atoms with E-state index in [1.807, 2.05) is 0 Å². The molecule has 2 aliphatic carbocycles. The van der Waals surface area contributed by atoms with Crippen LogP contribution in [0.1, 0.15) is 117 Å². The Morgan fingerprint density at radius 1 is 0.875 bits per heavy atom. The van der Waals surface area contributed by atoms with Crippen LogP contribution < -0.4 is 0 Å². The molecule has 2 saturated carbocycles. The Balaban J connectivity index is 1.76. The average molecular weight is 332 g/mol. The number of unbranched alkanes of at least 4 members (excludes halogenated alkanes) is 4. The first-order valence-electron chi connectivity index (χ1n) is 11.1. The summed E-state index contributed by atoms with van der Waals surface area (Å²) in [4.78, 5) is 0. The van der Waals surface area contributed by atoms with Crippen molar-refractivity contribution < 1.29 is 0 Å². The van der Waals surface area contributed by atoms with Crippen LogP contribution >= 0.6 is 0 Å². The molecular formula is C23H41N. The van der Waals surface area contributed by atoms with E-state index in [4.69, 9.17) is 0 Å². The van der Waals surface area contributed by atoms with Crippen molar-refractivity contribution in [2.24, 2.45) is 23.2 Å². The summed E-state index contributed by atoms with van der Waals surface area (Å²) in [7, 11) is 0. The van der Waals surface area contributed by atoms with Crippen LogP contribution in [-0.2, 0) is 0 Å². The fourth-order valence-electron chi connectivity index (χ4n) is 5.52. The molecule has 2 aliphatic rings. The molecule has 0 aromatic heterocycles. The van der Waals surface area contributed by atoms with Gasteiger partial charge < -0.3 is 0 Å². The Bertz CT molecular complexity index is 374. The van der Waals surface area contributed by atoms with Crippen molar-refractivity contribution in [2.45, 2.75) is 117 Å². The lowest BCUT2D eigenvalue weighted by molar-refractivity contribution is 0.102. The predicted octanol–water partition coefficient (Wildman–Crippen LogP) is 7.65. The van der Waals surface area contributed by atoms with E-state index in [0.29, 0.717) is 0 Å². The van der Waals surface area contributed by atoms with Crippen molar-refractivity contribution >= 4 is 0 Å². The molecule has 2 unspecified atom stereocenters.